The Hall–Kier alpha value is -5.66. The van der Waals surface area contributed by atoms with Crippen LogP contribution >= 0.6 is 0 Å². The molecule has 0 spiro atoms. The lowest BCUT2D eigenvalue weighted by molar-refractivity contribution is 0.569. The maximum atomic E-state index is 2.45. The van der Waals surface area contributed by atoms with Gasteiger partial charge in [-0.15, -0.1) is 0 Å². The highest BCUT2D eigenvalue weighted by Gasteiger charge is 2.36. The second kappa shape index (κ2) is 14.3. The summed E-state index contributed by atoms with van der Waals surface area (Å²) in [6.07, 6.45) is 0. The first-order valence-electron chi connectivity index (χ1n) is 21.0. The van der Waals surface area contributed by atoms with E-state index in [2.05, 4.69) is 239 Å². The van der Waals surface area contributed by atoms with Gasteiger partial charge in [0.25, 0.3) is 0 Å². The SMILES string of the molecule is CC(C)(C)c1cc(-c2ccc(N(c3ccc4c(c3)C(C)(C)c3ccccc3-4)c3ccccc3-c3ccccc3)cc2)cc(-c2cc(C(C)(C)C)cc(C(C)(C)C)c2)c1. The predicted octanol–water partition coefficient (Wildman–Crippen LogP) is 16.4. The van der Waals surface area contributed by atoms with Gasteiger partial charge in [0.15, 0.2) is 0 Å². The van der Waals surface area contributed by atoms with Gasteiger partial charge in [-0.1, -0.05) is 197 Å². The zero-order valence-electron chi connectivity index (χ0n) is 36.5. The van der Waals surface area contributed by atoms with Crippen molar-refractivity contribution in [2.24, 2.45) is 0 Å². The number of hydrogen-bond donors (Lipinski definition) is 0. The smallest absolute Gasteiger partial charge is 0.0540 e. The van der Waals surface area contributed by atoms with Crippen molar-refractivity contribution < 1.29 is 0 Å². The molecule has 0 fully saturated rings. The molecule has 0 aliphatic heterocycles. The number of benzene rings is 7. The van der Waals surface area contributed by atoms with E-state index in [1.54, 1.807) is 0 Å². The maximum Gasteiger partial charge on any atom is 0.0540 e. The monoisotopic (exact) mass is 757 g/mol. The van der Waals surface area contributed by atoms with Crippen molar-refractivity contribution in [3.63, 3.8) is 0 Å². The average Bonchev–Trinajstić information content (AvgIpc) is 3.43. The summed E-state index contributed by atoms with van der Waals surface area (Å²) >= 11 is 0. The van der Waals surface area contributed by atoms with Crippen LogP contribution in [0.5, 0.6) is 0 Å². The summed E-state index contributed by atoms with van der Waals surface area (Å²) < 4.78 is 0. The summed E-state index contributed by atoms with van der Waals surface area (Å²) in [4.78, 5) is 2.45. The van der Waals surface area contributed by atoms with Crippen LogP contribution in [0.15, 0.2) is 158 Å². The van der Waals surface area contributed by atoms with Crippen molar-refractivity contribution in [1.29, 1.82) is 0 Å². The average molecular weight is 758 g/mol. The van der Waals surface area contributed by atoms with Crippen molar-refractivity contribution in [3.05, 3.63) is 186 Å². The van der Waals surface area contributed by atoms with E-state index in [4.69, 9.17) is 0 Å². The van der Waals surface area contributed by atoms with Gasteiger partial charge in [0.2, 0.25) is 0 Å². The van der Waals surface area contributed by atoms with E-state index in [1.165, 1.54) is 72.3 Å². The van der Waals surface area contributed by atoms with E-state index >= 15 is 0 Å². The second-order valence-corrected chi connectivity index (χ2v) is 20.0. The number of anilines is 3. The Bertz CT molecular complexity index is 2590. The molecule has 1 nitrogen and oxygen atoms in total. The van der Waals surface area contributed by atoms with E-state index in [1.807, 2.05) is 0 Å². The second-order valence-electron chi connectivity index (χ2n) is 20.0. The number of hydrogen-bond acceptors (Lipinski definition) is 1. The zero-order chi connectivity index (χ0) is 41.2. The third-order valence-corrected chi connectivity index (χ3v) is 12.3. The minimum Gasteiger partial charge on any atom is -0.310 e. The Morgan fingerprint density at radius 1 is 0.345 bits per heavy atom. The molecular weight excluding hydrogens is 699 g/mol. The van der Waals surface area contributed by atoms with Crippen LogP contribution in [0, 0.1) is 0 Å². The highest BCUT2D eigenvalue weighted by atomic mass is 15.1. The minimum absolute atomic E-state index is 0.0157. The lowest BCUT2D eigenvalue weighted by Crippen LogP contribution is -2.17. The van der Waals surface area contributed by atoms with Crippen LogP contribution in [0.4, 0.5) is 17.1 Å². The van der Waals surface area contributed by atoms with Crippen LogP contribution in [0.3, 0.4) is 0 Å². The van der Waals surface area contributed by atoms with Crippen LogP contribution in [0.25, 0.3) is 44.5 Å². The first-order valence-corrected chi connectivity index (χ1v) is 21.0. The van der Waals surface area contributed by atoms with Gasteiger partial charge in [-0.3, -0.25) is 0 Å². The molecule has 8 rings (SSSR count). The molecule has 1 heteroatoms. The highest BCUT2D eigenvalue weighted by Crippen LogP contribution is 2.51. The molecule has 1 aliphatic rings. The van der Waals surface area contributed by atoms with Crippen molar-refractivity contribution in [1.82, 2.24) is 0 Å². The molecule has 1 aliphatic carbocycles. The Morgan fingerprint density at radius 3 is 1.41 bits per heavy atom. The topological polar surface area (TPSA) is 3.24 Å². The van der Waals surface area contributed by atoms with Crippen molar-refractivity contribution in [2.75, 3.05) is 4.90 Å². The molecule has 0 aromatic heterocycles. The van der Waals surface area contributed by atoms with E-state index in [-0.39, 0.29) is 21.7 Å². The summed E-state index contributed by atoms with van der Waals surface area (Å²) in [5.74, 6) is 0. The van der Waals surface area contributed by atoms with E-state index in [0.29, 0.717) is 0 Å². The maximum absolute atomic E-state index is 2.45. The summed E-state index contributed by atoms with van der Waals surface area (Å²) in [5, 5.41) is 0. The van der Waals surface area contributed by atoms with Gasteiger partial charge in [0, 0.05) is 22.4 Å². The van der Waals surface area contributed by atoms with Crippen LogP contribution in [0.1, 0.15) is 104 Å². The third kappa shape index (κ3) is 7.33. The molecule has 0 unspecified atom stereocenters. The van der Waals surface area contributed by atoms with Gasteiger partial charge < -0.3 is 4.90 Å². The van der Waals surface area contributed by atoms with E-state index in [0.717, 1.165) is 17.1 Å². The van der Waals surface area contributed by atoms with Crippen molar-refractivity contribution in [3.8, 4) is 44.5 Å². The Labute approximate surface area is 348 Å². The molecule has 7 aromatic rings. The quantitative estimate of drug-likeness (QED) is 0.163. The molecule has 0 saturated carbocycles. The highest BCUT2D eigenvalue weighted by molar-refractivity contribution is 5.91. The van der Waals surface area contributed by atoms with Crippen molar-refractivity contribution in [2.45, 2.75) is 97.8 Å². The Kier molecular flexibility index (Phi) is 9.67. The zero-order valence-corrected chi connectivity index (χ0v) is 36.5. The molecule has 0 N–H and O–H groups in total. The Balaban J connectivity index is 1.27. The molecule has 0 atom stereocenters. The minimum atomic E-state index is -0.105. The molecule has 7 aromatic carbocycles. The number of fused-ring (bicyclic) bond motifs is 3. The fourth-order valence-corrected chi connectivity index (χ4v) is 8.65. The van der Waals surface area contributed by atoms with Crippen LogP contribution in [-0.4, -0.2) is 0 Å². The van der Waals surface area contributed by atoms with Gasteiger partial charge in [0.05, 0.1) is 5.69 Å². The summed E-state index contributed by atoms with van der Waals surface area (Å²) in [7, 11) is 0. The molecule has 0 heterocycles. The van der Waals surface area contributed by atoms with Gasteiger partial charge in [-0.25, -0.2) is 0 Å². The molecule has 0 radical (unpaired) electrons. The van der Waals surface area contributed by atoms with Crippen LogP contribution in [0.2, 0.25) is 0 Å². The lowest BCUT2D eigenvalue weighted by atomic mass is 9.78. The summed E-state index contributed by atoms with van der Waals surface area (Å²) in [6.45, 7) is 25.6. The standard InChI is InChI=1S/C57H59N/c1-54(2,3)43-32-40(31-41(33-43)42-34-44(55(4,5)6)36-45(35-42)56(7,8)9)38-25-27-46(28-26-38)58(53-24-18-16-21-48(53)39-19-13-12-14-20-39)47-29-30-50-49-22-15-17-23-51(49)57(10,11)52(50)37-47/h12-37H,1-11H3. The largest absolute Gasteiger partial charge is 0.310 e. The number of para-hydroxylation sites is 1. The normalized spacial score (nSPS) is 13.6. The molecule has 58 heavy (non-hydrogen) atoms. The summed E-state index contributed by atoms with van der Waals surface area (Å²) in [5.41, 5.74) is 20.3. The van der Waals surface area contributed by atoms with E-state index in [9.17, 15) is 0 Å². The first kappa shape index (κ1) is 39.2. The molecule has 0 amide bonds. The van der Waals surface area contributed by atoms with Crippen molar-refractivity contribution >= 4 is 17.1 Å². The lowest BCUT2D eigenvalue weighted by Gasteiger charge is -2.30. The number of rotatable bonds is 6. The summed E-state index contributed by atoms with van der Waals surface area (Å²) in [6, 6.07) is 59.3. The van der Waals surface area contributed by atoms with Gasteiger partial charge in [-0.05, 0) is 119 Å². The van der Waals surface area contributed by atoms with E-state index < -0.39 is 0 Å². The molecule has 292 valence electrons. The Morgan fingerprint density at radius 2 is 0.810 bits per heavy atom. The van der Waals surface area contributed by atoms with Gasteiger partial charge >= 0.3 is 0 Å². The molecule has 0 saturated heterocycles. The molecular formula is C57H59N. The molecule has 0 bridgehead atoms. The predicted molar refractivity (Wildman–Crippen MR) is 251 cm³/mol. The fraction of sp³-hybridized carbons (Fsp3) is 0.263. The van der Waals surface area contributed by atoms with Gasteiger partial charge in [-0.2, -0.15) is 0 Å². The van der Waals surface area contributed by atoms with Crippen LogP contribution in [-0.2, 0) is 21.7 Å². The third-order valence-electron chi connectivity index (χ3n) is 12.3. The van der Waals surface area contributed by atoms with Gasteiger partial charge in [0.1, 0.15) is 0 Å². The fourth-order valence-electron chi connectivity index (χ4n) is 8.65. The first-order chi connectivity index (χ1) is 27.4. The number of nitrogens with zero attached hydrogens (tertiary/aromatic N) is 1. The van der Waals surface area contributed by atoms with Crippen LogP contribution < -0.4 is 4.90 Å².